The van der Waals surface area contributed by atoms with Crippen molar-refractivity contribution in [1.29, 1.82) is 0 Å². The first kappa shape index (κ1) is 19.9. The lowest BCUT2D eigenvalue weighted by Gasteiger charge is -2.38. The minimum atomic E-state index is -0.714. The van der Waals surface area contributed by atoms with Crippen molar-refractivity contribution < 1.29 is 14.3 Å². The lowest BCUT2D eigenvalue weighted by molar-refractivity contribution is -0.124. The van der Waals surface area contributed by atoms with Crippen LogP contribution in [-0.2, 0) is 22.6 Å². The first-order chi connectivity index (χ1) is 13.6. The molecule has 1 saturated carbocycles. The van der Waals surface area contributed by atoms with E-state index in [-0.39, 0.29) is 12.6 Å². The van der Waals surface area contributed by atoms with Crippen LogP contribution in [-0.4, -0.2) is 29.0 Å². The van der Waals surface area contributed by atoms with Crippen LogP contribution in [0.1, 0.15) is 43.2 Å². The largest absolute Gasteiger partial charge is 0.445 e. The third kappa shape index (κ3) is 5.35. The number of rotatable bonds is 7. The maximum Gasteiger partial charge on any atom is 0.411 e. The molecule has 0 heterocycles. The normalized spacial score (nSPS) is 15.6. The molecule has 28 heavy (non-hydrogen) atoms. The van der Waals surface area contributed by atoms with Crippen LogP contribution in [0.25, 0.3) is 0 Å². The van der Waals surface area contributed by atoms with E-state index in [9.17, 15) is 9.59 Å². The molecule has 2 amide bonds. The molecule has 0 aliphatic heterocycles. The Labute approximate surface area is 166 Å². The predicted molar refractivity (Wildman–Crippen MR) is 108 cm³/mol. The Kier molecular flexibility index (Phi) is 7.06. The van der Waals surface area contributed by atoms with Crippen LogP contribution in [0.5, 0.6) is 0 Å². The van der Waals surface area contributed by atoms with Crippen LogP contribution in [0.2, 0.25) is 0 Å². The highest BCUT2D eigenvalue weighted by atomic mass is 16.6. The first-order valence-electron chi connectivity index (χ1n) is 9.97. The molecular weight excluding hydrogens is 352 g/mol. The summed E-state index contributed by atoms with van der Waals surface area (Å²) >= 11 is 0. The average molecular weight is 380 g/mol. The van der Waals surface area contributed by atoms with Gasteiger partial charge in [-0.2, -0.15) is 0 Å². The van der Waals surface area contributed by atoms with Gasteiger partial charge in [0.15, 0.2) is 0 Å². The minimum absolute atomic E-state index is 0.0155. The summed E-state index contributed by atoms with van der Waals surface area (Å²) in [6, 6.07) is 18.5. The summed E-state index contributed by atoms with van der Waals surface area (Å²) in [6.07, 6.45) is 4.93. The quantitative estimate of drug-likeness (QED) is 0.787. The summed E-state index contributed by atoms with van der Waals surface area (Å²) in [5.41, 5.74) is 7.64. The summed E-state index contributed by atoms with van der Waals surface area (Å²) in [5, 5.41) is 0. The molecule has 5 heteroatoms. The van der Waals surface area contributed by atoms with Gasteiger partial charge in [-0.15, -0.1) is 0 Å². The first-order valence-corrected chi connectivity index (χ1v) is 9.97. The molecule has 2 aromatic carbocycles. The fourth-order valence-electron chi connectivity index (χ4n) is 3.86. The van der Waals surface area contributed by atoms with Crippen LogP contribution in [0.4, 0.5) is 4.79 Å². The second kappa shape index (κ2) is 9.93. The van der Waals surface area contributed by atoms with Gasteiger partial charge in [-0.1, -0.05) is 79.9 Å². The smallest absolute Gasteiger partial charge is 0.411 e. The SMILES string of the molecule is NC(=O)[C@H](Cc1ccccc1)N(C(=O)OCc1ccccc1)C1CCCCC1. The highest BCUT2D eigenvalue weighted by Gasteiger charge is 2.36. The second-order valence-electron chi connectivity index (χ2n) is 7.35. The number of nitrogens with zero attached hydrogens (tertiary/aromatic N) is 1. The number of primary amides is 1. The maximum absolute atomic E-state index is 13.0. The Morgan fingerprint density at radius 1 is 0.929 bits per heavy atom. The van der Waals surface area contributed by atoms with Crippen LogP contribution < -0.4 is 5.73 Å². The van der Waals surface area contributed by atoms with E-state index in [0.717, 1.165) is 43.2 Å². The molecule has 1 aliphatic carbocycles. The van der Waals surface area contributed by atoms with Crippen LogP contribution in [0.3, 0.4) is 0 Å². The summed E-state index contributed by atoms with van der Waals surface area (Å²) in [6.45, 7) is 0.180. The Morgan fingerprint density at radius 3 is 2.07 bits per heavy atom. The molecule has 0 unspecified atom stereocenters. The monoisotopic (exact) mass is 380 g/mol. The topological polar surface area (TPSA) is 72.6 Å². The number of nitrogens with two attached hydrogens (primary N) is 1. The van der Waals surface area contributed by atoms with Gasteiger partial charge in [0.05, 0.1) is 0 Å². The third-order valence-corrected chi connectivity index (χ3v) is 5.32. The van der Waals surface area contributed by atoms with Crippen molar-refractivity contribution >= 4 is 12.0 Å². The van der Waals surface area contributed by atoms with Gasteiger partial charge in [0.25, 0.3) is 0 Å². The molecule has 0 saturated heterocycles. The number of hydrogen-bond acceptors (Lipinski definition) is 3. The Hall–Kier alpha value is -2.82. The van der Waals surface area contributed by atoms with E-state index >= 15 is 0 Å². The van der Waals surface area contributed by atoms with Crippen molar-refractivity contribution in [3.63, 3.8) is 0 Å². The molecule has 2 aromatic rings. The lowest BCUT2D eigenvalue weighted by atomic mass is 9.92. The molecule has 1 aliphatic rings. The van der Waals surface area contributed by atoms with E-state index in [4.69, 9.17) is 10.5 Å². The van der Waals surface area contributed by atoms with Gasteiger partial charge in [-0.25, -0.2) is 4.79 Å². The summed E-state index contributed by atoms with van der Waals surface area (Å²) in [5.74, 6) is -0.494. The molecule has 1 fully saturated rings. The highest BCUT2D eigenvalue weighted by molar-refractivity contribution is 5.84. The second-order valence-corrected chi connectivity index (χ2v) is 7.35. The molecule has 0 bridgehead atoms. The standard InChI is InChI=1S/C23H28N2O3/c24-22(26)21(16-18-10-4-1-5-11-18)25(20-14-8-3-9-15-20)23(27)28-17-19-12-6-2-7-13-19/h1-2,4-7,10-13,20-21H,3,8-9,14-17H2,(H2,24,26)/t21-/m0/s1. The molecule has 2 N–H and O–H groups in total. The van der Waals surface area contributed by atoms with Crippen molar-refractivity contribution in [1.82, 2.24) is 4.90 Å². The van der Waals surface area contributed by atoms with E-state index in [0.29, 0.717) is 6.42 Å². The van der Waals surface area contributed by atoms with Crippen LogP contribution in [0.15, 0.2) is 60.7 Å². The fourth-order valence-corrected chi connectivity index (χ4v) is 3.86. The molecule has 1 atom stereocenters. The van der Waals surface area contributed by atoms with Gasteiger partial charge in [0.2, 0.25) is 5.91 Å². The molecule has 0 radical (unpaired) electrons. The zero-order valence-corrected chi connectivity index (χ0v) is 16.1. The minimum Gasteiger partial charge on any atom is -0.445 e. The summed E-state index contributed by atoms with van der Waals surface area (Å²) < 4.78 is 5.59. The lowest BCUT2D eigenvalue weighted by Crippen LogP contribution is -2.54. The molecule has 5 nitrogen and oxygen atoms in total. The van der Waals surface area contributed by atoms with E-state index in [1.54, 1.807) is 4.90 Å². The molecule has 148 valence electrons. The number of benzene rings is 2. The molecular formula is C23H28N2O3. The molecule has 0 spiro atoms. The number of amides is 2. The number of carbonyl (C=O) groups is 2. The highest BCUT2D eigenvalue weighted by Crippen LogP contribution is 2.26. The average Bonchev–Trinajstić information content (AvgIpc) is 2.74. The predicted octanol–water partition coefficient (Wildman–Crippen LogP) is 4.05. The number of ether oxygens (including phenoxy) is 1. The Bertz CT molecular complexity index is 758. The van der Waals surface area contributed by atoms with Gasteiger partial charge in [0.1, 0.15) is 12.6 Å². The number of hydrogen-bond donors (Lipinski definition) is 1. The maximum atomic E-state index is 13.0. The van der Waals surface area contributed by atoms with Gasteiger partial charge >= 0.3 is 6.09 Å². The number of carbonyl (C=O) groups excluding carboxylic acids is 2. The van der Waals surface area contributed by atoms with Crippen molar-refractivity contribution in [3.05, 3.63) is 71.8 Å². The van der Waals surface area contributed by atoms with Crippen molar-refractivity contribution in [2.75, 3.05) is 0 Å². The van der Waals surface area contributed by atoms with E-state index < -0.39 is 18.0 Å². The zero-order chi connectivity index (χ0) is 19.8. The van der Waals surface area contributed by atoms with Crippen molar-refractivity contribution in [2.45, 2.75) is 57.2 Å². The van der Waals surface area contributed by atoms with Crippen LogP contribution >= 0.6 is 0 Å². The molecule has 0 aromatic heterocycles. The Morgan fingerprint density at radius 2 is 1.50 bits per heavy atom. The van der Waals surface area contributed by atoms with E-state index in [2.05, 4.69) is 0 Å². The molecule has 3 rings (SSSR count). The summed E-state index contributed by atoms with van der Waals surface area (Å²) in [4.78, 5) is 27.0. The fraction of sp³-hybridized carbons (Fsp3) is 0.391. The van der Waals surface area contributed by atoms with Gasteiger partial charge in [-0.05, 0) is 24.0 Å². The Balaban J connectivity index is 1.79. The van der Waals surface area contributed by atoms with Gasteiger partial charge < -0.3 is 10.5 Å². The van der Waals surface area contributed by atoms with Crippen molar-refractivity contribution in [2.24, 2.45) is 5.73 Å². The van der Waals surface area contributed by atoms with Crippen LogP contribution in [0, 0.1) is 0 Å². The third-order valence-electron chi connectivity index (χ3n) is 5.32. The van der Waals surface area contributed by atoms with Crippen molar-refractivity contribution in [3.8, 4) is 0 Å². The van der Waals surface area contributed by atoms with Gasteiger partial charge in [0, 0.05) is 12.5 Å². The van der Waals surface area contributed by atoms with E-state index in [1.165, 1.54) is 0 Å². The summed E-state index contributed by atoms with van der Waals surface area (Å²) in [7, 11) is 0. The van der Waals surface area contributed by atoms with E-state index in [1.807, 2.05) is 60.7 Å². The van der Waals surface area contributed by atoms with Gasteiger partial charge in [-0.3, -0.25) is 9.69 Å². The zero-order valence-electron chi connectivity index (χ0n) is 16.1.